The summed E-state index contributed by atoms with van der Waals surface area (Å²) in [4.78, 5) is 26.9. The molecular weight excluding hydrogens is 344 g/mol. The quantitative estimate of drug-likeness (QED) is 0.759. The minimum atomic E-state index is -0.212. The number of carbonyl (C=O) groups is 2. The van der Waals surface area contributed by atoms with Crippen LogP contribution >= 0.6 is 0 Å². The number of hydrogen-bond donors (Lipinski definition) is 1. The van der Waals surface area contributed by atoms with Gasteiger partial charge in [0.05, 0.1) is 6.54 Å². The van der Waals surface area contributed by atoms with E-state index in [1.807, 2.05) is 25.2 Å². The van der Waals surface area contributed by atoms with E-state index in [0.717, 1.165) is 11.3 Å². The number of nitrogens with zero attached hydrogens (tertiary/aromatic N) is 5. The van der Waals surface area contributed by atoms with E-state index >= 15 is 0 Å². The van der Waals surface area contributed by atoms with Crippen molar-refractivity contribution in [1.82, 2.24) is 24.5 Å². The summed E-state index contributed by atoms with van der Waals surface area (Å²) in [5, 5.41) is 11.4. The van der Waals surface area contributed by atoms with E-state index in [4.69, 9.17) is 0 Å². The van der Waals surface area contributed by atoms with Crippen molar-refractivity contribution in [2.45, 2.75) is 19.5 Å². The Hall–Kier alpha value is -3.42. The molecular formula is C19H20N6O2. The van der Waals surface area contributed by atoms with Gasteiger partial charge in [0, 0.05) is 49.2 Å². The minimum Gasteiger partial charge on any atom is -0.336 e. The van der Waals surface area contributed by atoms with Gasteiger partial charge in [0.15, 0.2) is 5.82 Å². The van der Waals surface area contributed by atoms with Crippen molar-refractivity contribution in [1.29, 1.82) is 0 Å². The molecule has 3 heterocycles. The Morgan fingerprint density at radius 2 is 2.00 bits per heavy atom. The second-order valence-corrected chi connectivity index (χ2v) is 6.49. The van der Waals surface area contributed by atoms with E-state index in [1.54, 1.807) is 44.9 Å². The van der Waals surface area contributed by atoms with Gasteiger partial charge in [-0.3, -0.25) is 19.0 Å². The van der Waals surface area contributed by atoms with Crippen LogP contribution in [0.1, 0.15) is 21.6 Å². The zero-order valence-corrected chi connectivity index (χ0v) is 15.0. The zero-order chi connectivity index (χ0) is 18.8. The molecule has 0 unspecified atom stereocenters. The maximum absolute atomic E-state index is 12.6. The van der Waals surface area contributed by atoms with Gasteiger partial charge in [-0.15, -0.1) is 0 Å². The van der Waals surface area contributed by atoms with Crippen molar-refractivity contribution < 1.29 is 9.59 Å². The zero-order valence-electron chi connectivity index (χ0n) is 15.0. The minimum absolute atomic E-state index is 0.00598. The topological polar surface area (TPSA) is 85.0 Å². The number of benzene rings is 1. The molecule has 0 bridgehead atoms. The van der Waals surface area contributed by atoms with Gasteiger partial charge in [0.25, 0.3) is 5.91 Å². The first-order valence-corrected chi connectivity index (χ1v) is 8.78. The summed E-state index contributed by atoms with van der Waals surface area (Å²) in [6, 6.07) is 10.8. The van der Waals surface area contributed by atoms with Crippen LogP contribution in [0.5, 0.6) is 0 Å². The number of hydrogen-bond acceptors (Lipinski definition) is 4. The molecule has 0 spiro atoms. The number of anilines is 1. The van der Waals surface area contributed by atoms with Gasteiger partial charge in [-0.2, -0.15) is 10.2 Å². The molecule has 0 fully saturated rings. The maximum Gasteiger partial charge on any atom is 0.256 e. The molecule has 8 heteroatoms. The Labute approximate surface area is 156 Å². The molecule has 138 valence electrons. The molecule has 8 nitrogen and oxygen atoms in total. The summed E-state index contributed by atoms with van der Waals surface area (Å²) in [7, 11) is 1.86. The molecule has 0 radical (unpaired) electrons. The predicted molar refractivity (Wildman–Crippen MR) is 99.0 cm³/mol. The molecule has 0 saturated heterocycles. The summed E-state index contributed by atoms with van der Waals surface area (Å²) in [6.45, 7) is 1.25. The molecule has 0 aliphatic carbocycles. The molecule has 1 aromatic carbocycles. The van der Waals surface area contributed by atoms with E-state index in [9.17, 15) is 9.59 Å². The van der Waals surface area contributed by atoms with Crippen LogP contribution in [0.25, 0.3) is 0 Å². The lowest BCUT2D eigenvalue weighted by Crippen LogP contribution is -2.38. The molecule has 3 aromatic rings. The number of amides is 2. The normalized spacial score (nSPS) is 13.3. The molecule has 4 rings (SSSR count). The molecule has 0 saturated carbocycles. The largest absolute Gasteiger partial charge is 0.336 e. The second-order valence-electron chi connectivity index (χ2n) is 6.49. The SMILES string of the molecule is Cn1nc(NC(=O)c2ccccc2)c2c1CCN(C(=O)Cn1cccn1)C2. The highest BCUT2D eigenvalue weighted by Gasteiger charge is 2.27. The molecule has 2 aromatic heterocycles. The summed E-state index contributed by atoms with van der Waals surface area (Å²) >= 11 is 0. The van der Waals surface area contributed by atoms with Crippen molar-refractivity contribution >= 4 is 17.6 Å². The lowest BCUT2D eigenvalue weighted by atomic mass is 10.1. The van der Waals surface area contributed by atoms with E-state index in [2.05, 4.69) is 15.5 Å². The number of carbonyl (C=O) groups excluding carboxylic acids is 2. The predicted octanol–water partition coefficient (Wildman–Crippen LogP) is 1.45. The van der Waals surface area contributed by atoms with Gasteiger partial charge >= 0.3 is 0 Å². The summed E-state index contributed by atoms with van der Waals surface area (Å²) in [5.41, 5.74) is 2.50. The number of rotatable bonds is 4. The van der Waals surface area contributed by atoms with Crippen LogP contribution in [-0.4, -0.2) is 42.8 Å². The average molecular weight is 364 g/mol. The number of aryl methyl sites for hydroxylation is 1. The molecule has 1 N–H and O–H groups in total. The van der Waals surface area contributed by atoms with Crippen molar-refractivity contribution in [3.05, 3.63) is 65.6 Å². The van der Waals surface area contributed by atoms with Crippen LogP contribution in [0.2, 0.25) is 0 Å². The Kier molecular flexibility index (Phi) is 4.45. The Bertz CT molecular complexity index is 962. The average Bonchev–Trinajstić information content (AvgIpc) is 3.30. The summed E-state index contributed by atoms with van der Waals surface area (Å²) < 4.78 is 3.39. The highest BCUT2D eigenvalue weighted by Crippen LogP contribution is 2.26. The fraction of sp³-hybridized carbons (Fsp3) is 0.263. The third kappa shape index (κ3) is 3.46. The fourth-order valence-electron chi connectivity index (χ4n) is 3.31. The number of nitrogens with one attached hydrogen (secondary N) is 1. The highest BCUT2D eigenvalue weighted by molar-refractivity contribution is 6.04. The molecule has 1 aliphatic heterocycles. The van der Waals surface area contributed by atoms with Gasteiger partial charge in [0.2, 0.25) is 5.91 Å². The lowest BCUT2D eigenvalue weighted by molar-refractivity contribution is -0.133. The van der Waals surface area contributed by atoms with E-state index in [0.29, 0.717) is 30.9 Å². The van der Waals surface area contributed by atoms with Crippen LogP contribution in [0.15, 0.2) is 48.8 Å². The van der Waals surface area contributed by atoms with Crippen LogP contribution < -0.4 is 5.32 Å². The van der Waals surface area contributed by atoms with Crippen molar-refractivity contribution in [2.24, 2.45) is 7.05 Å². The highest BCUT2D eigenvalue weighted by atomic mass is 16.2. The van der Waals surface area contributed by atoms with Crippen LogP contribution in [0.4, 0.5) is 5.82 Å². The second kappa shape index (κ2) is 7.06. The van der Waals surface area contributed by atoms with Crippen LogP contribution in [-0.2, 0) is 31.4 Å². The van der Waals surface area contributed by atoms with Crippen LogP contribution in [0, 0.1) is 0 Å². The summed E-state index contributed by atoms with van der Waals surface area (Å²) in [6.07, 6.45) is 4.12. The molecule has 0 atom stereocenters. The van der Waals surface area contributed by atoms with E-state index < -0.39 is 0 Å². The first-order chi connectivity index (χ1) is 13.1. The monoisotopic (exact) mass is 364 g/mol. The third-order valence-electron chi connectivity index (χ3n) is 4.72. The fourth-order valence-corrected chi connectivity index (χ4v) is 3.31. The van der Waals surface area contributed by atoms with Crippen molar-refractivity contribution in [3.8, 4) is 0 Å². The standard InChI is InChI=1S/C19H20N6O2/c1-23-16-8-11-24(17(26)13-25-10-5-9-20-25)12-15(16)18(22-23)21-19(27)14-6-3-2-4-7-14/h2-7,9-10H,8,11-13H2,1H3,(H,21,22,27). The van der Waals surface area contributed by atoms with Crippen molar-refractivity contribution in [2.75, 3.05) is 11.9 Å². The van der Waals surface area contributed by atoms with Crippen molar-refractivity contribution in [3.63, 3.8) is 0 Å². The molecule has 27 heavy (non-hydrogen) atoms. The smallest absolute Gasteiger partial charge is 0.256 e. The summed E-state index contributed by atoms with van der Waals surface area (Å²) in [5.74, 6) is 0.294. The Balaban J connectivity index is 1.52. The van der Waals surface area contributed by atoms with Crippen LogP contribution in [0.3, 0.4) is 0 Å². The van der Waals surface area contributed by atoms with Gasteiger partial charge in [-0.25, -0.2) is 0 Å². The number of aromatic nitrogens is 4. The Morgan fingerprint density at radius 1 is 1.19 bits per heavy atom. The Morgan fingerprint density at radius 3 is 2.74 bits per heavy atom. The third-order valence-corrected chi connectivity index (χ3v) is 4.72. The van der Waals surface area contributed by atoms with Gasteiger partial charge in [0.1, 0.15) is 6.54 Å². The van der Waals surface area contributed by atoms with E-state index in [-0.39, 0.29) is 18.4 Å². The molecule has 1 aliphatic rings. The van der Waals surface area contributed by atoms with E-state index in [1.165, 1.54) is 0 Å². The number of fused-ring (bicyclic) bond motifs is 1. The van der Waals surface area contributed by atoms with Gasteiger partial charge in [-0.05, 0) is 18.2 Å². The lowest BCUT2D eigenvalue weighted by Gasteiger charge is -2.27. The van der Waals surface area contributed by atoms with Gasteiger partial charge < -0.3 is 10.2 Å². The van der Waals surface area contributed by atoms with Gasteiger partial charge in [-0.1, -0.05) is 18.2 Å². The first kappa shape index (κ1) is 17.0. The molecule has 2 amide bonds. The first-order valence-electron chi connectivity index (χ1n) is 8.78. The maximum atomic E-state index is 12.6.